The summed E-state index contributed by atoms with van der Waals surface area (Å²) in [6.45, 7) is 1.27. The summed E-state index contributed by atoms with van der Waals surface area (Å²) in [6.07, 6.45) is -2.54. The van der Waals surface area contributed by atoms with Crippen LogP contribution in [0.15, 0.2) is 53.5 Å². The quantitative estimate of drug-likeness (QED) is 0.265. The SMILES string of the molecule is CC=C(Oc1cccc(C(CN=O)c2ncc(C(F)(F)F)cc2Cl)c1)C(=O)OC. The summed E-state index contributed by atoms with van der Waals surface area (Å²) in [5.74, 6) is -1.30. The third-order valence-corrected chi connectivity index (χ3v) is 4.22. The van der Waals surface area contributed by atoms with E-state index in [-0.39, 0.29) is 28.8 Å². The molecule has 0 fully saturated rings. The van der Waals surface area contributed by atoms with Crippen molar-refractivity contribution < 1.29 is 27.4 Å². The molecule has 29 heavy (non-hydrogen) atoms. The predicted octanol–water partition coefficient (Wildman–Crippen LogP) is 5.11. The monoisotopic (exact) mass is 428 g/mol. The lowest BCUT2D eigenvalue weighted by Gasteiger charge is -2.17. The lowest BCUT2D eigenvalue weighted by Crippen LogP contribution is -2.12. The molecule has 1 atom stereocenters. The van der Waals surface area contributed by atoms with Gasteiger partial charge in [-0.15, -0.1) is 0 Å². The zero-order valence-corrected chi connectivity index (χ0v) is 16.1. The Morgan fingerprint density at radius 2 is 2.07 bits per heavy atom. The highest BCUT2D eigenvalue weighted by atomic mass is 35.5. The molecule has 6 nitrogen and oxygen atoms in total. The molecule has 2 aromatic rings. The van der Waals surface area contributed by atoms with Crippen molar-refractivity contribution in [2.24, 2.45) is 5.18 Å². The maximum absolute atomic E-state index is 12.8. The van der Waals surface area contributed by atoms with Crippen LogP contribution in [0, 0.1) is 4.91 Å². The number of aromatic nitrogens is 1. The van der Waals surface area contributed by atoms with E-state index in [1.807, 2.05) is 0 Å². The number of carbonyl (C=O) groups excluding carboxylic acids is 1. The molecule has 10 heteroatoms. The number of hydrogen-bond donors (Lipinski definition) is 0. The Hall–Kier alpha value is -2.94. The van der Waals surface area contributed by atoms with Crippen molar-refractivity contribution in [3.05, 3.63) is 75.1 Å². The number of rotatable bonds is 7. The van der Waals surface area contributed by atoms with Crippen LogP contribution in [0.5, 0.6) is 5.75 Å². The molecule has 0 bridgehead atoms. The van der Waals surface area contributed by atoms with E-state index in [4.69, 9.17) is 16.3 Å². The normalized spacial score (nSPS) is 13.0. The molecule has 1 aromatic carbocycles. The zero-order valence-electron chi connectivity index (χ0n) is 15.4. The van der Waals surface area contributed by atoms with E-state index in [9.17, 15) is 22.9 Å². The van der Waals surface area contributed by atoms with E-state index >= 15 is 0 Å². The number of pyridine rings is 1. The Morgan fingerprint density at radius 1 is 1.34 bits per heavy atom. The van der Waals surface area contributed by atoms with Crippen LogP contribution in [0.2, 0.25) is 5.02 Å². The number of carbonyl (C=O) groups is 1. The molecule has 0 aliphatic rings. The van der Waals surface area contributed by atoms with Gasteiger partial charge in [-0.2, -0.15) is 18.1 Å². The van der Waals surface area contributed by atoms with Gasteiger partial charge in [-0.1, -0.05) is 28.9 Å². The summed E-state index contributed by atoms with van der Waals surface area (Å²) in [5, 5.41) is 2.61. The van der Waals surface area contributed by atoms with E-state index in [2.05, 4.69) is 14.9 Å². The second kappa shape index (κ2) is 9.51. The third-order valence-electron chi connectivity index (χ3n) is 3.92. The predicted molar refractivity (Wildman–Crippen MR) is 99.6 cm³/mol. The molecule has 0 saturated heterocycles. The van der Waals surface area contributed by atoms with Gasteiger partial charge in [0.05, 0.1) is 35.9 Å². The van der Waals surface area contributed by atoms with Crippen molar-refractivity contribution in [1.29, 1.82) is 0 Å². The van der Waals surface area contributed by atoms with Gasteiger partial charge >= 0.3 is 12.1 Å². The number of hydrogen-bond acceptors (Lipinski definition) is 6. The van der Waals surface area contributed by atoms with Crippen LogP contribution in [0.3, 0.4) is 0 Å². The number of esters is 1. The summed E-state index contributed by atoms with van der Waals surface area (Å²) in [7, 11) is 1.20. The minimum atomic E-state index is -4.60. The summed E-state index contributed by atoms with van der Waals surface area (Å²) in [5.41, 5.74) is -0.468. The highest BCUT2D eigenvalue weighted by Crippen LogP contribution is 2.35. The lowest BCUT2D eigenvalue weighted by atomic mass is 9.94. The number of halogens is 4. The number of benzene rings is 1. The minimum absolute atomic E-state index is 0.0552. The molecule has 0 radical (unpaired) electrons. The minimum Gasteiger partial charge on any atom is -0.463 e. The van der Waals surface area contributed by atoms with Crippen LogP contribution in [-0.4, -0.2) is 24.6 Å². The standard InChI is InChI=1S/C19H16ClF3N2O4/c1-3-16(18(26)28-2)29-13-6-4-5-11(7-13)14(10-25-27)17-15(20)8-12(9-24-17)19(21,22)23/h3-9,14H,10H2,1-2H3. The second-order valence-electron chi connectivity index (χ2n) is 5.77. The van der Waals surface area contributed by atoms with E-state index in [1.54, 1.807) is 25.1 Å². The Balaban J connectivity index is 2.42. The van der Waals surface area contributed by atoms with Gasteiger partial charge in [0, 0.05) is 6.20 Å². The Kier molecular flexibility index (Phi) is 7.33. The highest BCUT2D eigenvalue weighted by Gasteiger charge is 2.32. The number of ether oxygens (including phenoxy) is 2. The van der Waals surface area contributed by atoms with Crippen LogP contribution in [0.25, 0.3) is 0 Å². The Morgan fingerprint density at radius 3 is 2.62 bits per heavy atom. The Labute approximate surface area is 169 Å². The number of alkyl halides is 3. The van der Waals surface area contributed by atoms with Crippen LogP contribution in [-0.2, 0) is 15.7 Å². The van der Waals surface area contributed by atoms with Crippen LogP contribution in [0.4, 0.5) is 13.2 Å². The molecule has 0 aliphatic heterocycles. The fourth-order valence-electron chi connectivity index (χ4n) is 2.52. The van der Waals surface area contributed by atoms with Gasteiger partial charge in [0.2, 0.25) is 5.76 Å². The molecule has 154 valence electrons. The first-order valence-corrected chi connectivity index (χ1v) is 8.63. The van der Waals surface area contributed by atoms with Gasteiger partial charge in [-0.05, 0) is 36.8 Å². The summed E-state index contributed by atoms with van der Waals surface area (Å²) < 4.78 is 48.6. The molecular formula is C19H16ClF3N2O4. The average Bonchev–Trinajstić information content (AvgIpc) is 2.69. The van der Waals surface area contributed by atoms with Gasteiger partial charge in [-0.25, -0.2) is 4.79 Å². The van der Waals surface area contributed by atoms with Crippen molar-refractivity contribution in [3.8, 4) is 5.75 Å². The summed E-state index contributed by atoms with van der Waals surface area (Å²) in [6, 6.07) is 7.02. The molecule has 1 unspecified atom stereocenters. The van der Waals surface area contributed by atoms with Crippen LogP contribution >= 0.6 is 11.6 Å². The van der Waals surface area contributed by atoms with Gasteiger partial charge in [0.1, 0.15) is 5.75 Å². The highest BCUT2D eigenvalue weighted by molar-refractivity contribution is 6.31. The zero-order chi connectivity index (χ0) is 21.6. The second-order valence-corrected chi connectivity index (χ2v) is 6.18. The molecule has 0 saturated carbocycles. The van der Waals surface area contributed by atoms with Gasteiger partial charge < -0.3 is 9.47 Å². The lowest BCUT2D eigenvalue weighted by molar-refractivity contribution is -0.139. The van der Waals surface area contributed by atoms with E-state index in [0.29, 0.717) is 11.8 Å². The fraction of sp³-hybridized carbons (Fsp3) is 0.263. The van der Waals surface area contributed by atoms with E-state index in [1.165, 1.54) is 19.3 Å². The number of nitroso groups, excluding NO2 is 1. The van der Waals surface area contributed by atoms with Crippen LogP contribution < -0.4 is 4.74 Å². The number of nitrogens with zero attached hydrogens (tertiary/aromatic N) is 2. The topological polar surface area (TPSA) is 77.9 Å². The summed E-state index contributed by atoms with van der Waals surface area (Å²) in [4.78, 5) is 26.4. The van der Waals surface area contributed by atoms with Gasteiger partial charge in [0.25, 0.3) is 0 Å². The largest absolute Gasteiger partial charge is 0.463 e. The average molecular weight is 429 g/mol. The fourth-order valence-corrected chi connectivity index (χ4v) is 2.82. The number of allylic oxidation sites excluding steroid dienone is 1. The third kappa shape index (κ3) is 5.54. The first kappa shape index (κ1) is 22.4. The van der Waals surface area contributed by atoms with Gasteiger partial charge in [0.15, 0.2) is 0 Å². The molecule has 0 spiro atoms. The van der Waals surface area contributed by atoms with Gasteiger partial charge in [-0.3, -0.25) is 4.98 Å². The molecule has 0 N–H and O–H groups in total. The van der Waals surface area contributed by atoms with Crippen molar-refractivity contribution in [2.75, 3.05) is 13.7 Å². The van der Waals surface area contributed by atoms with Crippen molar-refractivity contribution in [1.82, 2.24) is 4.98 Å². The molecular weight excluding hydrogens is 413 g/mol. The van der Waals surface area contributed by atoms with Crippen molar-refractivity contribution in [2.45, 2.75) is 19.0 Å². The maximum atomic E-state index is 12.8. The van der Waals surface area contributed by atoms with E-state index in [0.717, 1.165) is 6.07 Å². The van der Waals surface area contributed by atoms with Crippen molar-refractivity contribution >= 4 is 17.6 Å². The molecule has 2 rings (SSSR count). The molecule has 0 amide bonds. The maximum Gasteiger partial charge on any atom is 0.417 e. The Bertz CT molecular complexity index is 932. The first-order valence-electron chi connectivity index (χ1n) is 8.25. The number of methoxy groups -OCH3 is 1. The van der Waals surface area contributed by atoms with Crippen LogP contribution in [0.1, 0.15) is 29.7 Å². The smallest absolute Gasteiger partial charge is 0.417 e. The molecule has 0 aliphatic carbocycles. The summed E-state index contributed by atoms with van der Waals surface area (Å²) >= 11 is 6.01. The molecule has 1 heterocycles. The van der Waals surface area contributed by atoms with Crippen molar-refractivity contribution in [3.63, 3.8) is 0 Å². The molecule has 1 aromatic heterocycles. The first-order chi connectivity index (χ1) is 13.7. The van der Waals surface area contributed by atoms with E-state index < -0.39 is 23.6 Å².